The summed E-state index contributed by atoms with van der Waals surface area (Å²) in [5, 5.41) is 9.52. The van der Waals surface area contributed by atoms with Gasteiger partial charge in [0.25, 0.3) is 18.3 Å². The Morgan fingerprint density at radius 1 is 1.02 bits per heavy atom. The molecule has 3 aliphatic rings. The largest absolute Gasteiger partial charge is 0.433 e. The molecular formula is C41H42F7N9O4. The van der Waals surface area contributed by atoms with Crippen molar-refractivity contribution in [2.45, 2.75) is 81.6 Å². The van der Waals surface area contributed by atoms with E-state index in [0.29, 0.717) is 66.9 Å². The second-order valence-electron chi connectivity index (χ2n) is 16.2. The number of pyridine rings is 1. The van der Waals surface area contributed by atoms with Gasteiger partial charge in [-0.2, -0.15) is 18.3 Å². The summed E-state index contributed by atoms with van der Waals surface area (Å²) < 4.78 is 104. The van der Waals surface area contributed by atoms with Gasteiger partial charge in [0.15, 0.2) is 0 Å². The van der Waals surface area contributed by atoms with Crippen molar-refractivity contribution in [3.05, 3.63) is 82.2 Å². The summed E-state index contributed by atoms with van der Waals surface area (Å²) in [4.78, 5) is 57.3. The van der Waals surface area contributed by atoms with E-state index in [1.165, 1.54) is 22.2 Å². The molecule has 61 heavy (non-hydrogen) atoms. The average molecular weight is 858 g/mol. The molecular weight excluding hydrogens is 815 g/mol. The average Bonchev–Trinajstić information content (AvgIpc) is 3.74. The van der Waals surface area contributed by atoms with Gasteiger partial charge >= 0.3 is 11.9 Å². The topological polar surface area (TPSA) is 139 Å². The molecule has 2 N–H and O–H groups in total. The van der Waals surface area contributed by atoms with E-state index in [1.807, 2.05) is 0 Å². The van der Waals surface area contributed by atoms with Crippen molar-refractivity contribution in [3.8, 4) is 0 Å². The third-order valence-electron chi connectivity index (χ3n) is 12.2. The third-order valence-corrected chi connectivity index (χ3v) is 12.2. The number of benzene rings is 2. The van der Waals surface area contributed by atoms with Crippen LogP contribution in [0.3, 0.4) is 0 Å². The summed E-state index contributed by atoms with van der Waals surface area (Å²) in [5.74, 6) is -5.10. The van der Waals surface area contributed by atoms with Crippen molar-refractivity contribution in [1.82, 2.24) is 34.1 Å². The van der Waals surface area contributed by atoms with Crippen LogP contribution in [0.25, 0.3) is 21.9 Å². The Labute approximate surface area is 343 Å². The molecule has 5 aromatic rings. The molecule has 324 valence electrons. The summed E-state index contributed by atoms with van der Waals surface area (Å²) in [6.45, 7) is 0.135. The van der Waals surface area contributed by atoms with Crippen LogP contribution in [0.15, 0.2) is 59.5 Å². The van der Waals surface area contributed by atoms with Gasteiger partial charge in [-0.3, -0.25) is 38.4 Å². The number of nitrogens with zero attached hydrogens (tertiary/aromatic N) is 7. The van der Waals surface area contributed by atoms with E-state index >= 15 is 8.78 Å². The maximum atomic E-state index is 16.1. The molecule has 0 bridgehead atoms. The zero-order valence-electron chi connectivity index (χ0n) is 33.1. The number of hydrogen-bond acceptors (Lipinski definition) is 8. The van der Waals surface area contributed by atoms with Crippen molar-refractivity contribution in [1.29, 1.82) is 0 Å². The number of halogens is 7. The first-order valence-corrected chi connectivity index (χ1v) is 19.9. The number of rotatable bonds is 9. The van der Waals surface area contributed by atoms with Gasteiger partial charge in [0.2, 0.25) is 11.8 Å². The summed E-state index contributed by atoms with van der Waals surface area (Å²) in [6.07, 6.45) is -3.11. The molecule has 13 nitrogen and oxygen atoms in total. The molecule has 2 aliphatic heterocycles. The van der Waals surface area contributed by atoms with Gasteiger partial charge < -0.3 is 10.2 Å². The van der Waals surface area contributed by atoms with Crippen LogP contribution in [-0.2, 0) is 22.8 Å². The minimum atomic E-state index is -4.80. The molecule has 20 heteroatoms. The number of fused-ring (bicyclic) bond motifs is 2. The number of carbonyl (C=O) groups is 3. The molecule has 0 radical (unpaired) electrons. The zero-order valence-corrected chi connectivity index (χ0v) is 33.1. The molecule has 3 aromatic heterocycles. The van der Waals surface area contributed by atoms with Gasteiger partial charge in [-0.1, -0.05) is 12.1 Å². The highest BCUT2D eigenvalue weighted by Gasteiger charge is 2.47. The Bertz CT molecular complexity index is 2580. The molecule has 2 atom stereocenters. The summed E-state index contributed by atoms with van der Waals surface area (Å²) in [7, 11) is 3.23. The minimum Gasteiger partial charge on any atom is -0.364 e. The van der Waals surface area contributed by atoms with E-state index < -0.39 is 77.5 Å². The summed E-state index contributed by atoms with van der Waals surface area (Å²) in [5.41, 5.74) is -1.68. The fourth-order valence-electron chi connectivity index (χ4n) is 9.19. The number of hydrogen-bond donors (Lipinski definition) is 2. The number of aromatic nitrogens is 5. The lowest BCUT2D eigenvalue weighted by atomic mass is 9.85. The summed E-state index contributed by atoms with van der Waals surface area (Å²) in [6, 6.07) is 8.15. The fourth-order valence-corrected chi connectivity index (χ4v) is 9.19. The van der Waals surface area contributed by atoms with E-state index in [9.17, 15) is 41.1 Å². The van der Waals surface area contributed by atoms with E-state index in [0.717, 1.165) is 18.2 Å². The van der Waals surface area contributed by atoms with Crippen LogP contribution in [-0.4, -0.2) is 85.2 Å². The van der Waals surface area contributed by atoms with Gasteiger partial charge in [-0.05, 0) is 87.9 Å². The Morgan fingerprint density at radius 3 is 2.44 bits per heavy atom. The monoisotopic (exact) mass is 857 g/mol. The van der Waals surface area contributed by atoms with E-state index in [-0.39, 0.29) is 42.4 Å². The smallest absolute Gasteiger partial charge is 0.364 e. The van der Waals surface area contributed by atoms with Crippen molar-refractivity contribution >= 4 is 51.0 Å². The summed E-state index contributed by atoms with van der Waals surface area (Å²) >= 11 is 0. The van der Waals surface area contributed by atoms with Gasteiger partial charge in [0, 0.05) is 43.7 Å². The molecule has 8 rings (SSSR count). The first-order chi connectivity index (χ1) is 28.9. The lowest BCUT2D eigenvalue weighted by molar-refractivity contribution is -0.141. The predicted molar refractivity (Wildman–Crippen MR) is 210 cm³/mol. The Morgan fingerprint density at radius 2 is 1.75 bits per heavy atom. The number of alkyl halides is 7. The lowest BCUT2D eigenvalue weighted by Crippen LogP contribution is -2.58. The molecule has 2 saturated heterocycles. The SMILES string of the molecule is CN(CC1CCC(n2cc3cc(NC(=O)c4cccc(C(F)(F)F)n4)c(C(F)F)cc3n2)CC1)C1CCN(c2cccc3c2n(C)c(=O)n3C2CCC(=O)NC2=O)CC1(F)F. The van der Waals surface area contributed by atoms with Crippen LogP contribution < -0.4 is 21.2 Å². The highest BCUT2D eigenvalue weighted by Crippen LogP contribution is 2.40. The van der Waals surface area contributed by atoms with Crippen molar-refractivity contribution in [2.24, 2.45) is 13.0 Å². The highest BCUT2D eigenvalue weighted by atomic mass is 19.4. The first kappa shape index (κ1) is 41.9. The molecule has 2 unspecified atom stereocenters. The van der Waals surface area contributed by atoms with Crippen molar-refractivity contribution in [2.75, 3.05) is 36.9 Å². The fraction of sp³-hybridized carbons (Fsp3) is 0.463. The second-order valence-corrected chi connectivity index (χ2v) is 16.2. The Hall–Kier alpha value is -5.79. The Kier molecular flexibility index (Phi) is 10.9. The molecule has 1 saturated carbocycles. The maximum Gasteiger partial charge on any atom is 0.433 e. The van der Waals surface area contributed by atoms with Gasteiger partial charge in [0.05, 0.1) is 46.6 Å². The highest BCUT2D eigenvalue weighted by molar-refractivity contribution is 6.04. The quantitative estimate of drug-likeness (QED) is 0.121. The van der Waals surface area contributed by atoms with Crippen LogP contribution in [0.2, 0.25) is 0 Å². The number of anilines is 2. The van der Waals surface area contributed by atoms with Gasteiger partial charge in [-0.25, -0.2) is 27.3 Å². The first-order valence-electron chi connectivity index (χ1n) is 19.9. The standard InChI is InChI=1S/C41H42F7N9O4/c1-53(33-15-16-55(21-40(33,44)45)29-6-4-7-30-35(29)54(2)39(61)57(30)31-13-14-34(58)51-38(31)60)19-22-9-11-24(12-10-22)56-20-23-17-28(25(36(42)43)18-27(23)52-56)50-37(59)26-5-3-8-32(49-26)41(46,47)48/h3-8,17-18,20,22,24,31,33,36H,9-16,19,21H2,1-2H3,(H,50,59)(H,51,58,60). The molecule has 3 fully saturated rings. The van der Waals surface area contributed by atoms with Gasteiger partial charge in [-0.15, -0.1) is 0 Å². The number of imidazole rings is 1. The van der Waals surface area contributed by atoms with E-state index in [2.05, 4.69) is 20.7 Å². The number of nitrogens with one attached hydrogen (secondary N) is 2. The number of carbonyl (C=O) groups excluding carboxylic acids is 3. The Balaban J connectivity index is 0.905. The molecule has 1 aliphatic carbocycles. The van der Waals surface area contributed by atoms with Crippen molar-refractivity contribution < 1.29 is 45.1 Å². The van der Waals surface area contributed by atoms with Crippen molar-refractivity contribution in [3.63, 3.8) is 0 Å². The zero-order chi connectivity index (χ0) is 43.5. The molecule has 2 aromatic carbocycles. The second kappa shape index (κ2) is 15.9. The number of aryl methyl sites for hydroxylation is 1. The van der Waals surface area contributed by atoms with E-state index in [4.69, 9.17) is 0 Å². The van der Waals surface area contributed by atoms with Crippen LogP contribution in [0, 0.1) is 5.92 Å². The molecule has 3 amide bonds. The lowest BCUT2D eigenvalue weighted by Gasteiger charge is -2.44. The van der Waals surface area contributed by atoms with Crippen LogP contribution in [0.4, 0.5) is 42.1 Å². The predicted octanol–water partition coefficient (Wildman–Crippen LogP) is 6.85. The number of amides is 3. The van der Waals surface area contributed by atoms with E-state index in [1.54, 1.807) is 45.9 Å². The molecule has 5 heterocycles. The normalized spacial score (nSPS) is 22.4. The van der Waals surface area contributed by atoms with Crippen LogP contribution in [0.5, 0.6) is 0 Å². The molecule has 0 spiro atoms. The maximum absolute atomic E-state index is 16.1. The number of imide groups is 1. The van der Waals surface area contributed by atoms with Crippen LogP contribution in [0.1, 0.15) is 85.2 Å². The number of para-hydroxylation sites is 1. The van der Waals surface area contributed by atoms with Gasteiger partial charge in [0.1, 0.15) is 17.4 Å². The minimum absolute atomic E-state index is 0.0747. The van der Waals surface area contributed by atoms with Crippen LogP contribution >= 0.6 is 0 Å². The number of piperidine rings is 2. The third kappa shape index (κ3) is 8.08.